The van der Waals surface area contributed by atoms with Gasteiger partial charge < -0.3 is 10.1 Å². The van der Waals surface area contributed by atoms with Crippen molar-refractivity contribution >= 4 is 5.91 Å². The molecule has 0 bridgehead atoms. The summed E-state index contributed by atoms with van der Waals surface area (Å²) < 4.78 is 5.03. The Kier molecular flexibility index (Phi) is 3.94. The summed E-state index contributed by atoms with van der Waals surface area (Å²) in [6, 6.07) is 10.2. The first-order valence-corrected chi connectivity index (χ1v) is 5.73. The van der Waals surface area contributed by atoms with Gasteiger partial charge in [0, 0.05) is 18.9 Å². The first-order chi connectivity index (χ1) is 7.84. The molecular weight excluding hydrogens is 202 g/mol. The Balaban J connectivity index is 1.62. The van der Waals surface area contributed by atoms with E-state index in [4.69, 9.17) is 4.74 Å². The van der Waals surface area contributed by atoms with Crippen LogP contribution in [0.4, 0.5) is 0 Å². The fourth-order valence-electron chi connectivity index (χ4n) is 1.73. The maximum atomic E-state index is 11.5. The average molecular weight is 219 g/mol. The number of rotatable bonds is 5. The highest BCUT2D eigenvalue weighted by Gasteiger charge is 2.21. The number of benzene rings is 1. The number of nitrogens with one attached hydrogen (secondary N) is 1. The maximum Gasteiger partial charge on any atom is 0.220 e. The smallest absolute Gasteiger partial charge is 0.220 e. The molecule has 1 amide bonds. The number of ether oxygens (including phenoxy) is 1. The van der Waals surface area contributed by atoms with E-state index >= 15 is 0 Å². The van der Waals surface area contributed by atoms with E-state index in [1.54, 1.807) is 0 Å². The third-order valence-electron chi connectivity index (χ3n) is 2.76. The lowest BCUT2D eigenvalue weighted by atomic mass is 10.0. The molecule has 0 spiro atoms. The summed E-state index contributed by atoms with van der Waals surface area (Å²) in [6.07, 6.45) is 1.50. The number of carbonyl (C=O) groups excluding carboxylic acids is 1. The minimum Gasteiger partial charge on any atom is -0.381 e. The Morgan fingerprint density at radius 2 is 2.06 bits per heavy atom. The summed E-state index contributed by atoms with van der Waals surface area (Å²) in [6.45, 7) is 2.20. The van der Waals surface area contributed by atoms with Crippen LogP contribution in [-0.4, -0.2) is 25.7 Å². The number of carbonyl (C=O) groups is 1. The third-order valence-corrected chi connectivity index (χ3v) is 2.76. The zero-order chi connectivity index (χ0) is 11.2. The van der Waals surface area contributed by atoms with Crippen LogP contribution >= 0.6 is 0 Å². The zero-order valence-electron chi connectivity index (χ0n) is 9.32. The van der Waals surface area contributed by atoms with Crippen molar-refractivity contribution in [3.8, 4) is 0 Å². The van der Waals surface area contributed by atoms with Crippen LogP contribution in [0.3, 0.4) is 0 Å². The van der Waals surface area contributed by atoms with Crippen molar-refractivity contribution in [3.05, 3.63) is 35.9 Å². The molecule has 3 nitrogen and oxygen atoms in total. The predicted molar refractivity (Wildman–Crippen MR) is 62.1 cm³/mol. The van der Waals surface area contributed by atoms with Gasteiger partial charge in [-0.25, -0.2) is 0 Å². The van der Waals surface area contributed by atoms with Crippen LogP contribution in [0.2, 0.25) is 0 Å². The molecule has 0 aliphatic carbocycles. The molecule has 1 aliphatic heterocycles. The third kappa shape index (κ3) is 3.35. The Morgan fingerprint density at radius 3 is 2.69 bits per heavy atom. The second kappa shape index (κ2) is 5.66. The normalized spacial score (nSPS) is 15.5. The van der Waals surface area contributed by atoms with Crippen LogP contribution in [0.1, 0.15) is 12.0 Å². The van der Waals surface area contributed by atoms with E-state index in [2.05, 4.69) is 17.4 Å². The molecule has 0 atom stereocenters. The van der Waals surface area contributed by atoms with Gasteiger partial charge >= 0.3 is 0 Å². The van der Waals surface area contributed by atoms with E-state index in [9.17, 15) is 4.79 Å². The first-order valence-electron chi connectivity index (χ1n) is 5.73. The van der Waals surface area contributed by atoms with E-state index in [0.29, 0.717) is 12.3 Å². The van der Waals surface area contributed by atoms with Crippen molar-refractivity contribution in [2.75, 3.05) is 19.8 Å². The fraction of sp³-hybridized carbons (Fsp3) is 0.462. The molecule has 1 saturated heterocycles. The molecule has 1 aliphatic rings. The second-order valence-electron chi connectivity index (χ2n) is 4.19. The van der Waals surface area contributed by atoms with Crippen LogP contribution in [0.25, 0.3) is 0 Å². The van der Waals surface area contributed by atoms with Crippen LogP contribution in [-0.2, 0) is 16.0 Å². The monoisotopic (exact) mass is 219 g/mol. The summed E-state index contributed by atoms with van der Waals surface area (Å²) in [4.78, 5) is 11.5. The maximum absolute atomic E-state index is 11.5. The number of hydrogen-bond donors (Lipinski definition) is 1. The van der Waals surface area contributed by atoms with Gasteiger partial charge in [-0.15, -0.1) is 0 Å². The summed E-state index contributed by atoms with van der Waals surface area (Å²) in [7, 11) is 0. The number of amides is 1. The summed E-state index contributed by atoms with van der Waals surface area (Å²) >= 11 is 0. The van der Waals surface area contributed by atoms with Gasteiger partial charge in [-0.2, -0.15) is 0 Å². The molecule has 0 radical (unpaired) electrons. The van der Waals surface area contributed by atoms with Gasteiger partial charge in [0.2, 0.25) is 5.91 Å². The van der Waals surface area contributed by atoms with E-state index in [1.807, 2.05) is 18.2 Å². The molecule has 0 aromatic heterocycles. The lowest BCUT2D eigenvalue weighted by Crippen LogP contribution is -2.35. The molecule has 2 rings (SSSR count). The van der Waals surface area contributed by atoms with Crippen molar-refractivity contribution in [3.63, 3.8) is 0 Å². The first kappa shape index (κ1) is 11.1. The highest BCUT2D eigenvalue weighted by molar-refractivity contribution is 5.76. The molecular formula is C13H17NO2. The van der Waals surface area contributed by atoms with Crippen molar-refractivity contribution in [2.45, 2.75) is 12.8 Å². The summed E-state index contributed by atoms with van der Waals surface area (Å²) in [5.74, 6) is 0.584. The van der Waals surface area contributed by atoms with Gasteiger partial charge in [-0.1, -0.05) is 30.3 Å². The van der Waals surface area contributed by atoms with Gasteiger partial charge in [0.15, 0.2) is 0 Å². The van der Waals surface area contributed by atoms with E-state index in [-0.39, 0.29) is 5.91 Å². The van der Waals surface area contributed by atoms with E-state index < -0.39 is 0 Å². The van der Waals surface area contributed by atoms with Gasteiger partial charge in [0.25, 0.3) is 0 Å². The number of hydrogen-bond acceptors (Lipinski definition) is 2. The van der Waals surface area contributed by atoms with Gasteiger partial charge in [-0.05, 0) is 12.0 Å². The molecule has 0 unspecified atom stereocenters. The highest BCUT2D eigenvalue weighted by atomic mass is 16.5. The zero-order valence-corrected chi connectivity index (χ0v) is 9.32. The predicted octanol–water partition coefficient (Wildman–Crippen LogP) is 1.38. The second-order valence-corrected chi connectivity index (χ2v) is 4.19. The highest BCUT2D eigenvalue weighted by Crippen LogP contribution is 2.13. The Labute approximate surface area is 95.8 Å². The average Bonchev–Trinajstić information content (AvgIpc) is 2.25. The van der Waals surface area contributed by atoms with Crippen molar-refractivity contribution in [1.82, 2.24) is 5.32 Å². The van der Waals surface area contributed by atoms with E-state index in [0.717, 1.165) is 26.2 Å². The molecule has 86 valence electrons. The van der Waals surface area contributed by atoms with Crippen LogP contribution in [0, 0.1) is 5.92 Å². The Hall–Kier alpha value is -1.35. The summed E-state index contributed by atoms with van der Waals surface area (Å²) in [5, 5.41) is 2.94. The van der Waals surface area contributed by atoms with Crippen molar-refractivity contribution in [1.29, 1.82) is 0 Å². The molecule has 1 aromatic carbocycles. The molecule has 1 fully saturated rings. The lowest BCUT2D eigenvalue weighted by Gasteiger charge is -2.25. The SMILES string of the molecule is O=C(CC1COC1)NCCc1ccccc1. The molecule has 3 heteroatoms. The van der Waals surface area contributed by atoms with Gasteiger partial charge in [-0.3, -0.25) is 4.79 Å². The van der Waals surface area contributed by atoms with Crippen LogP contribution < -0.4 is 5.32 Å². The quantitative estimate of drug-likeness (QED) is 0.812. The molecule has 1 heterocycles. The fourth-order valence-corrected chi connectivity index (χ4v) is 1.73. The molecule has 1 aromatic rings. The minimum absolute atomic E-state index is 0.143. The van der Waals surface area contributed by atoms with Crippen molar-refractivity contribution in [2.24, 2.45) is 5.92 Å². The topological polar surface area (TPSA) is 38.3 Å². The molecule has 0 saturated carbocycles. The van der Waals surface area contributed by atoms with Gasteiger partial charge in [0.05, 0.1) is 13.2 Å². The summed E-state index contributed by atoms with van der Waals surface area (Å²) in [5.41, 5.74) is 1.26. The standard InChI is InChI=1S/C13H17NO2/c15-13(8-12-9-16-10-12)14-7-6-11-4-2-1-3-5-11/h1-5,12H,6-10H2,(H,14,15). The van der Waals surface area contributed by atoms with Crippen molar-refractivity contribution < 1.29 is 9.53 Å². The van der Waals surface area contributed by atoms with Gasteiger partial charge in [0.1, 0.15) is 0 Å². The Morgan fingerprint density at radius 1 is 1.31 bits per heavy atom. The minimum atomic E-state index is 0.143. The van der Waals surface area contributed by atoms with Crippen LogP contribution in [0.5, 0.6) is 0 Å². The molecule has 1 N–H and O–H groups in total. The molecule has 16 heavy (non-hydrogen) atoms. The van der Waals surface area contributed by atoms with E-state index in [1.165, 1.54) is 5.56 Å². The largest absolute Gasteiger partial charge is 0.381 e. The Bertz CT molecular complexity index is 333. The van der Waals surface area contributed by atoms with Crippen LogP contribution in [0.15, 0.2) is 30.3 Å². The lowest BCUT2D eigenvalue weighted by molar-refractivity contribution is -0.126.